The minimum atomic E-state index is -1.20. The molecule has 0 amide bonds. The standard InChI is InChI=1S/C29H32F2N6O2/c1-16-10-17(11-23(32)27(16)38)20-6-9-33-15-25(20)35-28-34-14-19-4-5-24(36-37(19)28)26-21(30)12-18(13-22(26)31)29(39)7-2-3-8-29/h4-6,9,12-17,23,27,38-39H,2-3,7-8,10-11,32H2,1H3,(H,34,35). The first-order chi connectivity index (χ1) is 18.7. The molecule has 4 atom stereocenters. The van der Waals surface area contributed by atoms with Crippen molar-refractivity contribution in [3.05, 3.63) is 71.7 Å². The van der Waals surface area contributed by atoms with Crippen molar-refractivity contribution in [2.45, 2.75) is 69.1 Å². The molecule has 0 bridgehead atoms. The highest BCUT2D eigenvalue weighted by Crippen LogP contribution is 2.41. The van der Waals surface area contributed by atoms with Gasteiger partial charge in [0.2, 0.25) is 5.95 Å². The van der Waals surface area contributed by atoms with E-state index < -0.39 is 23.3 Å². The first-order valence-electron chi connectivity index (χ1n) is 13.4. The van der Waals surface area contributed by atoms with Gasteiger partial charge in [0, 0.05) is 12.2 Å². The number of nitrogens with two attached hydrogens (primary N) is 1. The summed E-state index contributed by atoms with van der Waals surface area (Å²) in [6.45, 7) is 2.00. The molecule has 0 saturated heterocycles. The summed E-state index contributed by atoms with van der Waals surface area (Å²) in [5, 5.41) is 29.0. The number of halogens is 2. The maximum Gasteiger partial charge on any atom is 0.229 e. The molecule has 3 aromatic heterocycles. The minimum absolute atomic E-state index is 0.0572. The average molecular weight is 535 g/mol. The zero-order valence-corrected chi connectivity index (χ0v) is 21.7. The number of aromatic nitrogens is 4. The van der Waals surface area contributed by atoms with E-state index in [0.717, 1.165) is 30.5 Å². The van der Waals surface area contributed by atoms with E-state index >= 15 is 8.78 Å². The van der Waals surface area contributed by atoms with Crippen molar-refractivity contribution in [3.8, 4) is 11.3 Å². The molecule has 39 heavy (non-hydrogen) atoms. The van der Waals surface area contributed by atoms with Gasteiger partial charge in [-0.15, -0.1) is 0 Å². The van der Waals surface area contributed by atoms with Crippen LogP contribution in [0.5, 0.6) is 0 Å². The van der Waals surface area contributed by atoms with Crippen molar-refractivity contribution < 1.29 is 19.0 Å². The van der Waals surface area contributed by atoms with E-state index in [1.807, 2.05) is 13.0 Å². The van der Waals surface area contributed by atoms with Crippen molar-refractivity contribution in [2.24, 2.45) is 11.7 Å². The smallest absolute Gasteiger partial charge is 0.229 e. The number of benzene rings is 1. The maximum absolute atomic E-state index is 15.3. The normalized spacial score (nSPS) is 24.8. The fraction of sp³-hybridized carbons (Fsp3) is 0.414. The first-order valence-corrected chi connectivity index (χ1v) is 13.4. The lowest BCUT2D eigenvalue weighted by Gasteiger charge is -2.36. The monoisotopic (exact) mass is 534 g/mol. The molecular formula is C29H32F2N6O2. The minimum Gasteiger partial charge on any atom is -0.391 e. The Kier molecular flexibility index (Phi) is 6.57. The zero-order valence-electron chi connectivity index (χ0n) is 21.7. The van der Waals surface area contributed by atoms with Gasteiger partial charge in [-0.3, -0.25) is 4.98 Å². The highest BCUT2D eigenvalue weighted by molar-refractivity contribution is 5.66. The summed E-state index contributed by atoms with van der Waals surface area (Å²) in [6.07, 6.45) is 8.55. The van der Waals surface area contributed by atoms with E-state index in [1.165, 1.54) is 16.6 Å². The van der Waals surface area contributed by atoms with Gasteiger partial charge in [0.15, 0.2) is 0 Å². The van der Waals surface area contributed by atoms with E-state index in [0.29, 0.717) is 30.7 Å². The Morgan fingerprint density at radius 1 is 1.08 bits per heavy atom. The Bertz CT molecular complexity index is 1480. The Hall–Kier alpha value is -3.47. The number of aliphatic hydroxyl groups excluding tert-OH is 1. The second kappa shape index (κ2) is 9.93. The molecule has 5 N–H and O–H groups in total. The summed E-state index contributed by atoms with van der Waals surface area (Å²) in [5.74, 6) is -0.999. The summed E-state index contributed by atoms with van der Waals surface area (Å²) in [4.78, 5) is 8.72. The third-order valence-electron chi connectivity index (χ3n) is 8.43. The van der Waals surface area contributed by atoms with Crippen molar-refractivity contribution in [2.75, 3.05) is 5.32 Å². The third-order valence-corrected chi connectivity index (χ3v) is 8.43. The first kappa shape index (κ1) is 25.8. The van der Waals surface area contributed by atoms with Crippen molar-refractivity contribution in [1.82, 2.24) is 19.6 Å². The summed E-state index contributed by atoms with van der Waals surface area (Å²) >= 11 is 0. The number of hydrogen-bond donors (Lipinski definition) is 4. The fourth-order valence-electron chi connectivity index (χ4n) is 6.25. The highest BCUT2D eigenvalue weighted by atomic mass is 19.1. The SMILES string of the molecule is CC1CC(c2ccncc2Nc2ncc3ccc(-c4c(F)cc(C5(O)CCCC5)cc4F)nn23)CC(N)C1O. The Labute approximate surface area is 224 Å². The number of anilines is 2. The second-order valence-corrected chi connectivity index (χ2v) is 11.1. The number of fused-ring (bicyclic) bond motifs is 1. The van der Waals surface area contributed by atoms with Crippen LogP contribution in [0.2, 0.25) is 0 Å². The molecule has 8 nitrogen and oxygen atoms in total. The molecule has 4 unspecified atom stereocenters. The third kappa shape index (κ3) is 4.66. The molecule has 3 heterocycles. The van der Waals surface area contributed by atoms with Crippen LogP contribution in [0.4, 0.5) is 20.4 Å². The van der Waals surface area contributed by atoms with Gasteiger partial charge in [-0.2, -0.15) is 9.61 Å². The summed E-state index contributed by atoms with van der Waals surface area (Å²) in [7, 11) is 0. The van der Waals surface area contributed by atoms with E-state index in [4.69, 9.17) is 5.73 Å². The van der Waals surface area contributed by atoms with Gasteiger partial charge in [-0.25, -0.2) is 13.8 Å². The van der Waals surface area contributed by atoms with Gasteiger partial charge < -0.3 is 21.3 Å². The molecule has 2 aliphatic carbocycles. The Morgan fingerprint density at radius 2 is 1.82 bits per heavy atom. The molecule has 0 radical (unpaired) electrons. The lowest BCUT2D eigenvalue weighted by atomic mass is 9.74. The molecule has 2 saturated carbocycles. The Balaban J connectivity index is 1.33. The number of rotatable bonds is 5. The van der Waals surface area contributed by atoms with Crippen LogP contribution >= 0.6 is 0 Å². The fourth-order valence-corrected chi connectivity index (χ4v) is 6.25. The lowest BCUT2D eigenvalue weighted by Crippen LogP contribution is -2.44. The number of pyridine rings is 1. The molecule has 4 aromatic rings. The van der Waals surface area contributed by atoms with Crippen LogP contribution in [0, 0.1) is 17.6 Å². The van der Waals surface area contributed by atoms with Crippen LogP contribution in [0.3, 0.4) is 0 Å². The van der Waals surface area contributed by atoms with Gasteiger partial charge in [0.05, 0.1) is 46.6 Å². The highest BCUT2D eigenvalue weighted by Gasteiger charge is 2.35. The summed E-state index contributed by atoms with van der Waals surface area (Å²) in [5.41, 5.74) is 7.50. The molecule has 2 aliphatic rings. The van der Waals surface area contributed by atoms with Crippen LogP contribution in [-0.4, -0.2) is 41.9 Å². The van der Waals surface area contributed by atoms with E-state index in [1.54, 1.807) is 30.7 Å². The second-order valence-electron chi connectivity index (χ2n) is 11.1. The number of aliphatic hydroxyl groups is 2. The number of nitrogens with zero attached hydrogens (tertiary/aromatic N) is 4. The molecule has 10 heteroatoms. The maximum atomic E-state index is 15.3. The molecular weight excluding hydrogens is 502 g/mol. The van der Waals surface area contributed by atoms with Gasteiger partial charge in [-0.05, 0) is 79.0 Å². The predicted octanol–water partition coefficient (Wildman–Crippen LogP) is 4.78. The molecule has 2 fully saturated rings. The van der Waals surface area contributed by atoms with Crippen LogP contribution in [0.1, 0.15) is 62.5 Å². The van der Waals surface area contributed by atoms with Crippen molar-refractivity contribution in [1.29, 1.82) is 0 Å². The number of imidazole rings is 1. The van der Waals surface area contributed by atoms with Crippen LogP contribution < -0.4 is 11.1 Å². The largest absolute Gasteiger partial charge is 0.391 e. The molecule has 0 aliphatic heterocycles. The predicted molar refractivity (Wildman–Crippen MR) is 143 cm³/mol. The van der Waals surface area contributed by atoms with Crippen LogP contribution in [0.15, 0.2) is 48.9 Å². The lowest BCUT2D eigenvalue weighted by molar-refractivity contribution is 0.0438. The molecule has 6 rings (SSSR count). The van der Waals surface area contributed by atoms with Gasteiger partial charge in [-0.1, -0.05) is 19.8 Å². The van der Waals surface area contributed by atoms with Crippen LogP contribution in [0.25, 0.3) is 16.8 Å². The van der Waals surface area contributed by atoms with E-state index in [-0.39, 0.29) is 34.7 Å². The van der Waals surface area contributed by atoms with Gasteiger partial charge >= 0.3 is 0 Å². The number of hydrogen-bond acceptors (Lipinski definition) is 7. The molecule has 0 spiro atoms. The molecule has 1 aromatic carbocycles. The van der Waals surface area contributed by atoms with Crippen molar-refractivity contribution >= 4 is 17.2 Å². The molecule has 204 valence electrons. The zero-order chi connectivity index (χ0) is 27.3. The summed E-state index contributed by atoms with van der Waals surface area (Å²) < 4.78 is 32.1. The van der Waals surface area contributed by atoms with Gasteiger partial charge in [0.1, 0.15) is 11.6 Å². The quantitative estimate of drug-likeness (QED) is 0.291. The topological polar surface area (TPSA) is 122 Å². The van der Waals surface area contributed by atoms with Crippen molar-refractivity contribution in [3.63, 3.8) is 0 Å². The summed E-state index contributed by atoms with van der Waals surface area (Å²) in [6, 6.07) is 7.31. The van der Waals surface area contributed by atoms with E-state index in [2.05, 4.69) is 20.4 Å². The Morgan fingerprint density at radius 3 is 2.54 bits per heavy atom. The number of nitrogens with one attached hydrogen (secondary N) is 1. The van der Waals surface area contributed by atoms with Gasteiger partial charge in [0.25, 0.3) is 0 Å². The average Bonchev–Trinajstić information content (AvgIpc) is 3.54. The van der Waals surface area contributed by atoms with E-state index in [9.17, 15) is 10.2 Å². The van der Waals surface area contributed by atoms with Crippen LogP contribution in [-0.2, 0) is 5.60 Å².